The lowest BCUT2D eigenvalue weighted by atomic mass is 9.95. The molecule has 8 aromatic carbocycles. The van der Waals surface area contributed by atoms with Gasteiger partial charge in [0.2, 0.25) is 0 Å². The zero-order valence-corrected chi connectivity index (χ0v) is 28.6. The Labute approximate surface area is 306 Å². The number of benzene rings is 8. The summed E-state index contributed by atoms with van der Waals surface area (Å²) in [6.07, 6.45) is 0. The second kappa shape index (κ2) is 12.9. The van der Waals surface area contributed by atoms with E-state index in [1.54, 1.807) is 0 Å². The molecule has 0 aliphatic heterocycles. The highest BCUT2D eigenvalue weighted by atomic mass is 16.3. The maximum absolute atomic E-state index is 6.58. The second-order valence-corrected chi connectivity index (χ2v) is 13.2. The van der Waals surface area contributed by atoms with Crippen molar-refractivity contribution in [1.29, 1.82) is 0 Å². The average Bonchev–Trinajstić information content (AvgIpc) is 3.62. The zero-order valence-electron chi connectivity index (χ0n) is 28.6. The van der Waals surface area contributed by atoms with Gasteiger partial charge in [-0.1, -0.05) is 164 Å². The van der Waals surface area contributed by atoms with Crippen LogP contribution in [-0.4, -0.2) is 15.0 Å². The number of hydrogen-bond acceptors (Lipinski definition) is 4. The molecule has 0 aliphatic carbocycles. The van der Waals surface area contributed by atoms with Gasteiger partial charge < -0.3 is 4.42 Å². The summed E-state index contributed by atoms with van der Waals surface area (Å²) in [5, 5.41) is 4.32. The summed E-state index contributed by atoms with van der Waals surface area (Å²) in [5.74, 6) is 1.84. The maximum Gasteiger partial charge on any atom is 0.164 e. The Morgan fingerprint density at radius 3 is 1.25 bits per heavy atom. The summed E-state index contributed by atoms with van der Waals surface area (Å²) in [6.45, 7) is 0. The molecule has 0 bridgehead atoms. The number of nitrogens with zero attached hydrogens (tertiary/aromatic N) is 3. The van der Waals surface area contributed by atoms with Crippen LogP contribution in [0.2, 0.25) is 0 Å². The molecule has 10 rings (SSSR count). The SMILES string of the molecule is c1ccc(-c2ccc(-c3nc(-c4ccc(-c5ccccc5)cc4)nc(-c4ccc5oc6c7ccccc7c(-c7ccccc7)cc6c5c4)n3)cc2)cc1. The number of furan rings is 1. The highest BCUT2D eigenvalue weighted by Gasteiger charge is 2.18. The van der Waals surface area contributed by atoms with Crippen molar-refractivity contribution in [2.24, 2.45) is 0 Å². The first-order chi connectivity index (χ1) is 26.2. The monoisotopic (exact) mass is 677 g/mol. The number of fused-ring (bicyclic) bond motifs is 5. The smallest absolute Gasteiger partial charge is 0.164 e. The third-order valence-electron chi connectivity index (χ3n) is 9.96. The summed E-state index contributed by atoms with van der Waals surface area (Å²) in [7, 11) is 0. The van der Waals surface area contributed by atoms with Gasteiger partial charge in [0.15, 0.2) is 17.5 Å². The number of aromatic nitrogens is 3. The lowest BCUT2D eigenvalue weighted by Crippen LogP contribution is -2.00. The number of rotatable bonds is 6. The molecule has 0 saturated heterocycles. The summed E-state index contributed by atoms with van der Waals surface area (Å²) < 4.78 is 6.58. The van der Waals surface area contributed by atoms with Crippen LogP contribution in [0.3, 0.4) is 0 Å². The van der Waals surface area contributed by atoms with Crippen LogP contribution < -0.4 is 0 Å². The first kappa shape index (κ1) is 30.6. The fraction of sp³-hybridized carbons (Fsp3) is 0. The average molecular weight is 678 g/mol. The molecule has 4 nitrogen and oxygen atoms in total. The first-order valence-corrected chi connectivity index (χ1v) is 17.8. The van der Waals surface area contributed by atoms with Gasteiger partial charge in [0.1, 0.15) is 11.2 Å². The molecule has 0 amide bonds. The maximum atomic E-state index is 6.58. The summed E-state index contributed by atoms with van der Waals surface area (Å²) >= 11 is 0. The van der Waals surface area contributed by atoms with E-state index in [-0.39, 0.29) is 0 Å². The van der Waals surface area contributed by atoms with Crippen LogP contribution in [0, 0.1) is 0 Å². The van der Waals surface area contributed by atoms with Crippen LogP contribution in [0.4, 0.5) is 0 Å². The predicted octanol–water partition coefficient (Wildman–Crippen LogP) is 12.9. The molecule has 10 aromatic rings. The van der Waals surface area contributed by atoms with E-state index in [1.807, 2.05) is 24.3 Å². The van der Waals surface area contributed by atoms with Crippen LogP contribution in [0.15, 0.2) is 192 Å². The molecular formula is C49H31N3O. The van der Waals surface area contributed by atoms with Crippen molar-refractivity contribution in [2.45, 2.75) is 0 Å². The fourth-order valence-corrected chi connectivity index (χ4v) is 7.24. The van der Waals surface area contributed by atoms with Crippen molar-refractivity contribution in [2.75, 3.05) is 0 Å². The Bertz CT molecular complexity index is 2800. The van der Waals surface area contributed by atoms with E-state index in [0.717, 1.165) is 60.5 Å². The van der Waals surface area contributed by atoms with Crippen molar-refractivity contribution >= 4 is 32.7 Å². The van der Waals surface area contributed by atoms with Crippen molar-refractivity contribution in [3.8, 4) is 67.5 Å². The largest absolute Gasteiger partial charge is 0.455 e. The summed E-state index contributed by atoms with van der Waals surface area (Å²) in [4.78, 5) is 15.2. The minimum Gasteiger partial charge on any atom is -0.455 e. The molecule has 0 unspecified atom stereocenters. The van der Waals surface area contributed by atoms with Gasteiger partial charge in [0.05, 0.1) is 0 Å². The van der Waals surface area contributed by atoms with Crippen LogP contribution >= 0.6 is 0 Å². The molecule has 53 heavy (non-hydrogen) atoms. The molecule has 0 saturated carbocycles. The fourth-order valence-electron chi connectivity index (χ4n) is 7.24. The lowest BCUT2D eigenvalue weighted by Gasteiger charge is -2.10. The van der Waals surface area contributed by atoms with E-state index in [1.165, 1.54) is 22.3 Å². The molecule has 0 spiro atoms. The van der Waals surface area contributed by atoms with Crippen LogP contribution in [0.1, 0.15) is 0 Å². The molecule has 2 aromatic heterocycles. The highest BCUT2D eigenvalue weighted by molar-refractivity contribution is 6.19. The lowest BCUT2D eigenvalue weighted by molar-refractivity contribution is 0.672. The molecule has 248 valence electrons. The van der Waals surface area contributed by atoms with Crippen molar-refractivity contribution in [1.82, 2.24) is 15.0 Å². The van der Waals surface area contributed by atoms with Gasteiger partial charge >= 0.3 is 0 Å². The number of hydrogen-bond donors (Lipinski definition) is 0. The van der Waals surface area contributed by atoms with Gasteiger partial charge in [-0.15, -0.1) is 0 Å². The van der Waals surface area contributed by atoms with E-state index in [9.17, 15) is 0 Å². The van der Waals surface area contributed by atoms with Crippen LogP contribution in [0.5, 0.6) is 0 Å². The van der Waals surface area contributed by atoms with Gasteiger partial charge in [-0.3, -0.25) is 0 Å². The Balaban J connectivity index is 1.13. The molecule has 0 fully saturated rings. The Morgan fingerprint density at radius 1 is 0.283 bits per heavy atom. The standard InChI is InChI=1S/C49H31N3O/c1-4-12-32(13-5-1)34-20-24-37(25-21-34)47-50-48(38-26-22-35(23-27-38)33-14-6-2-7-15-33)52-49(51-47)39-28-29-45-43(30-39)44-31-42(36-16-8-3-9-17-36)40-18-10-11-19-41(40)46(44)53-45/h1-31H. The highest BCUT2D eigenvalue weighted by Crippen LogP contribution is 2.41. The third kappa shape index (κ3) is 5.63. The normalized spacial score (nSPS) is 11.4. The topological polar surface area (TPSA) is 51.8 Å². The molecule has 0 aliphatic rings. The van der Waals surface area contributed by atoms with Gasteiger partial charge in [0, 0.05) is 32.8 Å². The quantitative estimate of drug-likeness (QED) is 0.176. The van der Waals surface area contributed by atoms with Gasteiger partial charge in [0.25, 0.3) is 0 Å². The third-order valence-corrected chi connectivity index (χ3v) is 9.96. The second-order valence-electron chi connectivity index (χ2n) is 13.2. The van der Waals surface area contributed by atoms with Crippen LogP contribution in [-0.2, 0) is 0 Å². The molecule has 2 heterocycles. The minimum absolute atomic E-state index is 0.601. The Morgan fingerprint density at radius 2 is 0.698 bits per heavy atom. The molecule has 0 radical (unpaired) electrons. The summed E-state index contributed by atoms with van der Waals surface area (Å²) in [5.41, 5.74) is 11.4. The van der Waals surface area contributed by atoms with Gasteiger partial charge in [-0.2, -0.15) is 0 Å². The predicted molar refractivity (Wildman–Crippen MR) is 217 cm³/mol. The molecule has 4 heteroatoms. The van der Waals surface area contributed by atoms with Crippen molar-refractivity contribution < 1.29 is 4.42 Å². The van der Waals surface area contributed by atoms with E-state index < -0.39 is 0 Å². The zero-order chi connectivity index (χ0) is 35.1. The van der Waals surface area contributed by atoms with E-state index in [2.05, 4.69) is 164 Å². The Hall–Kier alpha value is -7.17. The Kier molecular flexibility index (Phi) is 7.43. The summed E-state index contributed by atoms with van der Waals surface area (Å²) in [6, 6.07) is 65.1. The van der Waals surface area contributed by atoms with Crippen molar-refractivity contribution in [3.63, 3.8) is 0 Å². The van der Waals surface area contributed by atoms with Gasteiger partial charge in [-0.05, 0) is 63.0 Å². The molecular weight excluding hydrogens is 647 g/mol. The van der Waals surface area contributed by atoms with Crippen LogP contribution in [0.25, 0.3) is 100 Å². The van der Waals surface area contributed by atoms with E-state index in [4.69, 9.17) is 19.4 Å². The molecule has 0 N–H and O–H groups in total. The molecule has 0 atom stereocenters. The van der Waals surface area contributed by atoms with Crippen molar-refractivity contribution in [3.05, 3.63) is 188 Å². The van der Waals surface area contributed by atoms with Gasteiger partial charge in [-0.25, -0.2) is 15.0 Å². The minimum atomic E-state index is 0.601. The van der Waals surface area contributed by atoms with E-state index in [0.29, 0.717) is 17.5 Å². The van der Waals surface area contributed by atoms with E-state index >= 15 is 0 Å². The first-order valence-electron chi connectivity index (χ1n) is 17.8.